The normalized spacial score (nSPS) is 16.8. The van der Waals surface area contributed by atoms with E-state index in [1.165, 1.54) is 0 Å². The lowest BCUT2D eigenvalue weighted by atomic mass is 10.4. The molecule has 1 fully saturated rings. The van der Waals surface area contributed by atoms with Crippen LogP contribution in [0.2, 0.25) is 0 Å². The topological polar surface area (TPSA) is 69.1 Å². The van der Waals surface area contributed by atoms with Crippen molar-refractivity contribution >= 4 is 17.7 Å². The van der Waals surface area contributed by atoms with E-state index in [1.807, 2.05) is 11.8 Å². The summed E-state index contributed by atoms with van der Waals surface area (Å²) in [6.07, 6.45) is 0. The first-order valence-electron chi connectivity index (χ1n) is 3.71. The predicted octanol–water partition coefficient (Wildman–Crippen LogP) is 0.872. The molecule has 0 saturated carbocycles. The molecule has 6 heteroatoms. The molecule has 0 aliphatic carbocycles. The van der Waals surface area contributed by atoms with Crippen LogP contribution in [0.3, 0.4) is 0 Å². The van der Waals surface area contributed by atoms with Crippen LogP contribution in [-0.2, 0) is 4.79 Å². The molecule has 1 aliphatic heterocycles. The van der Waals surface area contributed by atoms with Crippen molar-refractivity contribution in [3.05, 3.63) is 10.4 Å². The Kier molecular flexibility index (Phi) is 3.76. The van der Waals surface area contributed by atoms with Crippen molar-refractivity contribution in [2.24, 2.45) is 5.11 Å². The van der Waals surface area contributed by atoms with Crippen molar-refractivity contribution in [1.82, 2.24) is 4.90 Å². The number of azide groups is 1. The number of carbonyl (C=O) groups excluding carboxylic acids is 1. The third-order valence-corrected chi connectivity index (χ3v) is 2.58. The van der Waals surface area contributed by atoms with E-state index in [4.69, 9.17) is 5.53 Å². The zero-order valence-corrected chi connectivity index (χ0v) is 7.46. The van der Waals surface area contributed by atoms with Gasteiger partial charge in [-0.05, 0) is 5.53 Å². The summed E-state index contributed by atoms with van der Waals surface area (Å²) in [7, 11) is 0. The molecule has 0 N–H and O–H groups in total. The molecule has 5 nitrogen and oxygen atoms in total. The van der Waals surface area contributed by atoms with Crippen molar-refractivity contribution in [2.45, 2.75) is 0 Å². The molecule has 12 heavy (non-hydrogen) atoms. The van der Waals surface area contributed by atoms with E-state index in [0.717, 1.165) is 24.6 Å². The molecule has 1 amide bonds. The second-order valence-electron chi connectivity index (χ2n) is 2.38. The van der Waals surface area contributed by atoms with Gasteiger partial charge in [-0.3, -0.25) is 4.79 Å². The van der Waals surface area contributed by atoms with E-state index >= 15 is 0 Å². The maximum atomic E-state index is 11.2. The summed E-state index contributed by atoms with van der Waals surface area (Å²) in [5.41, 5.74) is 8.00. The Morgan fingerprint density at radius 3 is 2.83 bits per heavy atom. The third-order valence-electron chi connectivity index (χ3n) is 1.63. The second kappa shape index (κ2) is 4.90. The lowest BCUT2D eigenvalue weighted by Crippen LogP contribution is -2.39. The minimum Gasteiger partial charge on any atom is -0.341 e. The molecule has 0 aromatic carbocycles. The number of nitrogens with zero attached hydrogens (tertiary/aromatic N) is 4. The summed E-state index contributed by atoms with van der Waals surface area (Å²) in [5, 5.41) is 3.23. The molecule has 0 unspecified atom stereocenters. The summed E-state index contributed by atoms with van der Waals surface area (Å²) >= 11 is 1.84. The predicted molar refractivity (Wildman–Crippen MR) is 47.9 cm³/mol. The molecule has 0 atom stereocenters. The van der Waals surface area contributed by atoms with Gasteiger partial charge in [0.25, 0.3) is 0 Å². The Labute approximate surface area is 74.7 Å². The number of amides is 1. The van der Waals surface area contributed by atoms with Gasteiger partial charge in [-0.25, -0.2) is 0 Å². The average Bonchev–Trinajstić information content (AvgIpc) is 2.15. The number of thioether (sulfide) groups is 1. The SMILES string of the molecule is [N-]=[N+]=NCC(=O)N1CCSCC1. The summed E-state index contributed by atoms with van der Waals surface area (Å²) in [6, 6.07) is 0. The van der Waals surface area contributed by atoms with Gasteiger partial charge < -0.3 is 4.90 Å². The van der Waals surface area contributed by atoms with Gasteiger partial charge >= 0.3 is 0 Å². The van der Waals surface area contributed by atoms with Crippen molar-refractivity contribution in [3.63, 3.8) is 0 Å². The minimum absolute atomic E-state index is 0.0405. The van der Waals surface area contributed by atoms with Crippen LogP contribution in [0.15, 0.2) is 5.11 Å². The largest absolute Gasteiger partial charge is 0.341 e. The van der Waals surface area contributed by atoms with Crippen molar-refractivity contribution in [2.75, 3.05) is 31.1 Å². The summed E-state index contributed by atoms with van der Waals surface area (Å²) in [6.45, 7) is 1.52. The van der Waals surface area contributed by atoms with Gasteiger partial charge in [0.1, 0.15) is 6.54 Å². The molecular formula is C6H10N4OS. The first kappa shape index (κ1) is 9.22. The van der Waals surface area contributed by atoms with Gasteiger partial charge in [-0.15, -0.1) is 0 Å². The molecule has 1 aliphatic rings. The Balaban J connectivity index is 2.34. The zero-order chi connectivity index (χ0) is 8.81. The van der Waals surface area contributed by atoms with E-state index < -0.39 is 0 Å². The number of hydrogen-bond acceptors (Lipinski definition) is 3. The molecule has 0 aromatic heterocycles. The maximum absolute atomic E-state index is 11.2. The lowest BCUT2D eigenvalue weighted by molar-refractivity contribution is -0.129. The monoisotopic (exact) mass is 186 g/mol. The highest BCUT2D eigenvalue weighted by Crippen LogP contribution is 2.08. The molecule has 0 aromatic rings. The Morgan fingerprint density at radius 1 is 1.58 bits per heavy atom. The Bertz CT molecular complexity index is 208. The molecule has 1 heterocycles. The first-order valence-corrected chi connectivity index (χ1v) is 4.86. The number of rotatable bonds is 2. The highest BCUT2D eigenvalue weighted by Gasteiger charge is 2.14. The summed E-state index contributed by atoms with van der Waals surface area (Å²) in [5.74, 6) is 1.91. The van der Waals surface area contributed by atoms with Gasteiger partial charge in [0.2, 0.25) is 5.91 Å². The molecule has 0 bridgehead atoms. The molecule has 1 saturated heterocycles. The highest BCUT2D eigenvalue weighted by atomic mass is 32.2. The summed E-state index contributed by atoms with van der Waals surface area (Å²) in [4.78, 5) is 15.5. The maximum Gasteiger partial charge on any atom is 0.228 e. The van der Waals surface area contributed by atoms with E-state index in [1.54, 1.807) is 4.90 Å². The molecule has 1 rings (SSSR count). The zero-order valence-electron chi connectivity index (χ0n) is 6.64. The average molecular weight is 186 g/mol. The number of carbonyl (C=O) groups is 1. The van der Waals surface area contributed by atoms with Crippen LogP contribution in [0.1, 0.15) is 0 Å². The van der Waals surface area contributed by atoms with Crippen molar-refractivity contribution < 1.29 is 4.79 Å². The second-order valence-corrected chi connectivity index (χ2v) is 3.61. The van der Waals surface area contributed by atoms with Crippen molar-refractivity contribution in [1.29, 1.82) is 0 Å². The summed E-state index contributed by atoms with van der Waals surface area (Å²) < 4.78 is 0. The third kappa shape index (κ3) is 2.64. The number of hydrogen-bond donors (Lipinski definition) is 0. The van der Waals surface area contributed by atoms with Crippen LogP contribution in [0.4, 0.5) is 0 Å². The van der Waals surface area contributed by atoms with Crippen LogP contribution in [0, 0.1) is 0 Å². The molecule has 0 spiro atoms. The van der Waals surface area contributed by atoms with E-state index in [0.29, 0.717) is 0 Å². The van der Waals surface area contributed by atoms with Gasteiger partial charge in [0.05, 0.1) is 0 Å². The fraction of sp³-hybridized carbons (Fsp3) is 0.833. The molecular weight excluding hydrogens is 176 g/mol. The van der Waals surface area contributed by atoms with Gasteiger partial charge in [-0.2, -0.15) is 11.8 Å². The van der Waals surface area contributed by atoms with Crippen molar-refractivity contribution in [3.8, 4) is 0 Å². The molecule has 0 radical (unpaired) electrons. The van der Waals surface area contributed by atoms with Crippen LogP contribution < -0.4 is 0 Å². The van der Waals surface area contributed by atoms with Gasteiger partial charge in [-0.1, -0.05) is 5.11 Å². The quantitative estimate of drug-likeness (QED) is 0.365. The fourth-order valence-corrected chi connectivity index (χ4v) is 1.91. The van der Waals surface area contributed by atoms with E-state index in [-0.39, 0.29) is 12.5 Å². The molecule has 66 valence electrons. The smallest absolute Gasteiger partial charge is 0.228 e. The van der Waals surface area contributed by atoms with E-state index in [9.17, 15) is 4.79 Å². The standard InChI is InChI=1S/C6H10N4OS/c7-9-8-5-6(11)10-1-3-12-4-2-10/h1-5H2. The fourth-order valence-electron chi connectivity index (χ4n) is 1.00. The van der Waals surface area contributed by atoms with Gasteiger partial charge in [0.15, 0.2) is 0 Å². The first-order chi connectivity index (χ1) is 5.84. The van der Waals surface area contributed by atoms with E-state index in [2.05, 4.69) is 10.0 Å². The van der Waals surface area contributed by atoms with Crippen LogP contribution in [0.25, 0.3) is 10.4 Å². The van der Waals surface area contributed by atoms with Crippen LogP contribution in [-0.4, -0.2) is 41.9 Å². The van der Waals surface area contributed by atoms with Gasteiger partial charge in [0, 0.05) is 29.5 Å². The highest BCUT2D eigenvalue weighted by molar-refractivity contribution is 7.99. The Hall–Kier alpha value is -0.870. The minimum atomic E-state index is -0.0619. The lowest BCUT2D eigenvalue weighted by Gasteiger charge is -2.25. The van der Waals surface area contributed by atoms with Crippen LogP contribution in [0.5, 0.6) is 0 Å². The van der Waals surface area contributed by atoms with Crippen LogP contribution >= 0.6 is 11.8 Å². The Morgan fingerprint density at radius 2 is 2.25 bits per heavy atom.